The standard InChI is InChI=1S/C17H21ClN2O4S/c1-12(17(22)20(2)15-8-9-25(23,24)11-15)19-16(21)7-6-13-4-3-5-14(18)10-13/h3-7,10,12,15H,8-9,11H2,1-2H3,(H,19,21). The van der Waals surface area contributed by atoms with E-state index in [1.165, 1.54) is 11.0 Å². The van der Waals surface area contributed by atoms with Crippen LogP contribution in [0.2, 0.25) is 5.02 Å². The minimum Gasteiger partial charge on any atom is -0.341 e. The van der Waals surface area contributed by atoms with E-state index in [0.29, 0.717) is 11.4 Å². The average molecular weight is 385 g/mol. The highest BCUT2D eigenvalue weighted by molar-refractivity contribution is 7.91. The Morgan fingerprint density at radius 3 is 2.72 bits per heavy atom. The number of halogens is 1. The number of hydrogen-bond donors (Lipinski definition) is 1. The molecule has 0 aromatic heterocycles. The summed E-state index contributed by atoms with van der Waals surface area (Å²) >= 11 is 5.88. The summed E-state index contributed by atoms with van der Waals surface area (Å²) in [4.78, 5) is 25.7. The van der Waals surface area contributed by atoms with Crippen LogP contribution in [0, 0.1) is 0 Å². The lowest BCUT2D eigenvalue weighted by molar-refractivity contribution is -0.135. The number of benzene rings is 1. The highest BCUT2D eigenvalue weighted by atomic mass is 35.5. The van der Waals surface area contributed by atoms with Gasteiger partial charge >= 0.3 is 0 Å². The van der Waals surface area contributed by atoms with E-state index in [9.17, 15) is 18.0 Å². The van der Waals surface area contributed by atoms with Gasteiger partial charge in [0.2, 0.25) is 11.8 Å². The van der Waals surface area contributed by atoms with Gasteiger partial charge in [-0.3, -0.25) is 9.59 Å². The Morgan fingerprint density at radius 1 is 1.40 bits per heavy atom. The van der Waals surface area contributed by atoms with E-state index in [1.54, 1.807) is 44.3 Å². The number of hydrogen-bond acceptors (Lipinski definition) is 4. The van der Waals surface area contributed by atoms with Crippen LogP contribution in [0.15, 0.2) is 30.3 Å². The fraction of sp³-hybridized carbons (Fsp3) is 0.412. The molecule has 2 rings (SSSR count). The first-order valence-corrected chi connectivity index (χ1v) is 10.1. The van der Waals surface area contributed by atoms with Crippen LogP contribution >= 0.6 is 11.6 Å². The van der Waals surface area contributed by atoms with Crippen LogP contribution in [-0.2, 0) is 19.4 Å². The van der Waals surface area contributed by atoms with Gasteiger partial charge in [-0.25, -0.2) is 8.42 Å². The molecule has 1 fully saturated rings. The molecule has 0 aliphatic carbocycles. The van der Waals surface area contributed by atoms with Gasteiger partial charge in [-0.15, -0.1) is 0 Å². The van der Waals surface area contributed by atoms with Crippen molar-refractivity contribution in [3.05, 3.63) is 40.9 Å². The average Bonchev–Trinajstić information content (AvgIpc) is 2.91. The number of carbonyl (C=O) groups excluding carboxylic acids is 2. The molecule has 6 nitrogen and oxygen atoms in total. The molecule has 0 saturated carbocycles. The van der Waals surface area contributed by atoms with Crippen LogP contribution in [0.5, 0.6) is 0 Å². The van der Waals surface area contributed by atoms with Crippen LogP contribution in [0.3, 0.4) is 0 Å². The van der Waals surface area contributed by atoms with E-state index in [0.717, 1.165) is 5.56 Å². The molecule has 1 aliphatic heterocycles. The fourth-order valence-electron chi connectivity index (χ4n) is 2.67. The Kier molecular flexibility index (Phi) is 6.24. The summed E-state index contributed by atoms with van der Waals surface area (Å²) in [5, 5.41) is 3.16. The molecule has 136 valence electrons. The summed E-state index contributed by atoms with van der Waals surface area (Å²) in [6.45, 7) is 1.58. The zero-order valence-corrected chi connectivity index (χ0v) is 15.7. The van der Waals surface area contributed by atoms with E-state index >= 15 is 0 Å². The van der Waals surface area contributed by atoms with Gasteiger partial charge in [-0.2, -0.15) is 0 Å². The number of rotatable bonds is 5. The molecule has 8 heteroatoms. The van der Waals surface area contributed by atoms with Gasteiger partial charge in [0.1, 0.15) is 6.04 Å². The van der Waals surface area contributed by atoms with E-state index in [-0.39, 0.29) is 23.5 Å². The van der Waals surface area contributed by atoms with Crippen molar-refractivity contribution in [2.24, 2.45) is 0 Å². The quantitative estimate of drug-likeness (QED) is 0.780. The molecule has 0 bridgehead atoms. The zero-order chi connectivity index (χ0) is 18.6. The number of likely N-dealkylation sites (N-methyl/N-ethyl adjacent to an activating group) is 1. The van der Waals surface area contributed by atoms with E-state index in [1.807, 2.05) is 0 Å². The maximum absolute atomic E-state index is 12.4. The second kappa shape index (κ2) is 8.01. The lowest BCUT2D eigenvalue weighted by Crippen LogP contribution is -2.49. The summed E-state index contributed by atoms with van der Waals surface area (Å²) in [5.74, 6) is -0.650. The zero-order valence-electron chi connectivity index (χ0n) is 14.1. The maximum Gasteiger partial charge on any atom is 0.244 e. The SMILES string of the molecule is CC(NC(=O)C=Cc1cccc(Cl)c1)C(=O)N(C)C1CCS(=O)(=O)C1. The van der Waals surface area contributed by atoms with E-state index in [2.05, 4.69) is 5.32 Å². The van der Waals surface area contributed by atoms with Gasteiger partial charge in [0.15, 0.2) is 9.84 Å². The third kappa shape index (κ3) is 5.57. The second-order valence-corrected chi connectivity index (χ2v) is 8.79. The molecule has 1 heterocycles. The highest BCUT2D eigenvalue weighted by Gasteiger charge is 2.34. The number of amides is 2. The van der Waals surface area contributed by atoms with Crippen molar-refractivity contribution in [3.8, 4) is 0 Å². The molecule has 1 aliphatic rings. The third-order valence-corrected chi connectivity index (χ3v) is 6.09. The van der Waals surface area contributed by atoms with Gasteiger partial charge in [0.25, 0.3) is 0 Å². The van der Waals surface area contributed by atoms with Gasteiger partial charge in [-0.1, -0.05) is 23.7 Å². The lowest BCUT2D eigenvalue weighted by Gasteiger charge is -2.26. The Morgan fingerprint density at radius 2 is 2.12 bits per heavy atom. The first-order valence-electron chi connectivity index (χ1n) is 7.89. The molecule has 2 atom stereocenters. The smallest absolute Gasteiger partial charge is 0.244 e. The Balaban J connectivity index is 1.90. The minimum atomic E-state index is -3.07. The van der Waals surface area contributed by atoms with Crippen LogP contribution in [-0.4, -0.2) is 55.8 Å². The minimum absolute atomic E-state index is 0.0232. The molecule has 1 aromatic rings. The van der Waals surface area contributed by atoms with Crippen molar-refractivity contribution in [1.82, 2.24) is 10.2 Å². The number of carbonyl (C=O) groups is 2. The van der Waals surface area contributed by atoms with Gasteiger partial charge in [-0.05, 0) is 37.1 Å². The monoisotopic (exact) mass is 384 g/mol. The first-order chi connectivity index (χ1) is 11.7. The summed E-state index contributed by atoms with van der Waals surface area (Å²) in [6, 6.07) is 5.95. The van der Waals surface area contributed by atoms with Crippen molar-refractivity contribution in [2.45, 2.75) is 25.4 Å². The van der Waals surface area contributed by atoms with E-state index < -0.39 is 21.8 Å². The molecule has 1 saturated heterocycles. The second-order valence-electron chi connectivity index (χ2n) is 6.12. The molecule has 2 unspecified atom stereocenters. The number of nitrogens with one attached hydrogen (secondary N) is 1. The van der Waals surface area contributed by atoms with Crippen molar-refractivity contribution < 1.29 is 18.0 Å². The molecular formula is C17H21ClN2O4S. The molecule has 0 spiro atoms. The molecule has 25 heavy (non-hydrogen) atoms. The van der Waals surface area contributed by atoms with Crippen molar-refractivity contribution in [2.75, 3.05) is 18.6 Å². The molecule has 1 aromatic carbocycles. The van der Waals surface area contributed by atoms with Crippen molar-refractivity contribution >= 4 is 39.3 Å². The fourth-order valence-corrected chi connectivity index (χ4v) is 4.64. The topological polar surface area (TPSA) is 83.6 Å². The lowest BCUT2D eigenvalue weighted by atomic mass is 10.2. The van der Waals surface area contributed by atoms with Crippen LogP contribution in [0.4, 0.5) is 0 Å². The maximum atomic E-state index is 12.4. The number of sulfone groups is 1. The Labute approximate surface area is 152 Å². The van der Waals surface area contributed by atoms with Crippen molar-refractivity contribution in [1.29, 1.82) is 0 Å². The van der Waals surface area contributed by atoms with Gasteiger partial charge in [0.05, 0.1) is 11.5 Å². The van der Waals surface area contributed by atoms with Crippen LogP contribution in [0.25, 0.3) is 6.08 Å². The predicted octanol–water partition coefficient (Wildman–Crippen LogP) is 1.50. The third-order valence-electron chi connectivity index (χ3n) is 4.11. The summed E-state index contributed by atoms with van der Waals surface area (Å²) in [6.07, 6.45) is 3.36. The molecule has 0 radical (unpaired) electrons. The molecule has 2 amide bonds. The molecular weight excluding hydrogens is 364 g/mol. The normalized spacial score (nSPS) is 20.4. The first kappa shape index (κ1) is 19.5. The molecule has 1 N–H and O–H groups in total. The van der Waals surface area contributed by atoms with Crippen LogP contribution < -0.4 is 5.32 Å². The summed E-state index contributed by atoms with van der Waals surface area (Å²) in [7, 11) is -1.50. The van der Waals surface area contributed by atoms with Gasteiger partial charge < -0.3 is 10.2 Å². The van der Waals surface area contributed by atoms with E-state index in [4.69, 9.17) is 11.6 Å². The van der Waals surface area contributed by atoms with Crippen LogP contribution in [0.1, 0.15) is 18.9 Å². The van der Waals surface area contributed by atoms with Crippen molar-refractivity contribution in [3.63, 3.8) is 0 Å². The van der Waals surface area contributed by atoms with Gasteiger partial charge in [0, 0.05) is 24.2 Å². The highest BCUT2D eigenvalue weighted by Crippen LogP contribution is 2.17. The Bertz CT molecular complexity index is 792. The Hall–Kier alpha value is -1.86. The predicted molar refractivity (Wildman–Crippen MR) is 97.9 cm³/mol. The largest absolute Gasteiger partial charge is 0.341 e. The summed E-state index contributed by atoms with van der Waals surface area (Å²) < 4.78 is 23.1. The summed E-state index contributed by atoms with van der Waals surface area (Å²) in [5.41, 5.74) is 0.773. The number of nitrogens with zero attached hydrogens (tertiary/aromatic N) is 1.